The first-order valence-electron chi connectivity index (χ1n) is 5.78. The van der Waals surface area contributed by atoms with E-state index in [1.807, 2.05) is 30.3 Å². The summed E-state index contributed by atoms with van der Waals surface area (Å²) in [6.07, 6.45) is 0. The van der Waals surface area contributed by atoms with E-state index < -0.39 is 5.54 Å². The zero-order valence-corrected chi connectivity index (χ0v) is 10.9. The first kappa shape index (κ1) is 14.0. The molecule has 0 unspecified atom stereocenters. The van der Waals surface area contributed by atoms with Gasteiger partial charge in [0.25, 0.3) is 0 Å². The van der Waals surface area contributed by atoms with Gasteiger partial charge in [-0.2, -0.15) is 0 Å². The number of nitrogens with one attached hydrogen (secondary N) is 3. The highest BCUT2D eigenvalue weighted by Crippen LogP contribution is 2.02. The Morgan fingerprint density at radius 3 is 2.33 bits per heavy atom. The number of hydrogen-bond donors (Lipinski definition) is 3. The Kier molecular flexibility index (Phi) is 4.71. The summed E-state index contributed by atoms with van der Waals surface area (Å²) >= 11 is 0. The molecule has 0 aliphatic heterocycles. The van der Waals surface area contributed by atoms with Gasteiger partial charge in [0, 0.05) is 13.6 Å². The van der Waals surface area contributed by atoms with Crippen molar-refractivity contribution in [3.8, 4) is 0 Å². The van der Waals surface area contributed by atoms with E-state index in [9.17, 15) is 9.59 Å². The van der Waals surface area contributed by atoms with Crippen molar-refractivity contribution in [2.75, 3.05) is 7.05 Å². The fraction of sp³-hybridized carbons (Fsp3) is 0.385. The van der Waals surface area contributed by atoms with Crippen LogP contribution >= 0.6 is 0 Å². The van der Waals surface area contributed by atoms with Crippen LogP contribution in [0.5, 0.6) is 0 Å². The molecule has 0 aliphatic carbocycles. The highest BCUT2D eigenvalue weighted by molar-refractivity contribution is 5.89. The third-order valence-corrected chi connectivity index (χ3v) is 2.52. The second kappa shape index (κ2) is 6.05. The number of rotatable bonds is 4. The topological polar surface area (TPSA) is 70.2 Å². The fourth-order valence-corrected chi connectivity index (χ4v) is 1.48. The fourth-order valence-electron chi connectivity index (χ4n) is 1.48. The van der Waals surface area contributed by atoms with Crippen LogP contribution in [0.3, 0.4) is 0 Å². The third kappa shape index (κ3) is 4.08. The first-order chi connectivity index (χ1) is 8.45. The molecule has 5 nitrogen and oxygen atoms in total. The van der Waals surface area contributed by atoms with Gasteiger partial charge in [-0.25, -0.2) is 4.79 Å². The van der Waals surface area contributed by atoms with Crippen molar-refractivity contribution in [2.24, 2.45) is 0 Å². The van der Waals surface area contributed by atoms with Gasteiger partial charge in [-0.05, 0) is 19.4 Å². The number of urea groups is 1. The van der Waals surface area contributed by atoms with Crippen molar-refractivity contribution in [3.63, 3.8) is 0 Å². The van der Waals surface area contributed by atoms with Crippen molar-refractivity contribution in [2.45, 2.75) is 25.9 Å². The van der Waals surface area contributed by atoms with Gasteiger partial charge in [-0.3, -0.25) is 4.79 Å². The summed E-state index contributed by atoms with van der Waals surface area (Å²) in [7, 11) is 1.54. The standard InChI is InChI=1S/C13H19N3O2/c1-13(2,11(17)14-3)16-12(18)15-9-10-7-5-4-6-8-10/h4-8H,9H2,1-3H3,(H,14,17)(H2,15,16,18). The summed E-state index contributed by atoms with van der Waals surface area (Å²) < 4.78 is 0. The largest absolute Gasteiger partial charge is 0.357 e. The van der Waals surface area contributed by atoms with E-state index in [1.165, 1.54) is 7.05 Å². The molecule has 1 aromatic carbocycles. The van der Waals surface area contributed by atoms with Crippen LogP contribution < -0.4 is 16.0 Å². The Labute approximate surface area is 107 Å². The number of carbonyl (C=O) groups is 2. The lowest BCUT2D eigenvalue weighted by Gasteiger charge is -2.24. The molecule has 1 rings (SSSR count). The lowest BCUT2D eigenvalue weighted by Crippen LogP contribution is -2.56. The second-order valence-electron chi connectivity index (χ2n) is 4.50. The lowest BCUT2D eigenvalue weighted by atomic mass is 10.1. The summed E-state index contributed by atoms with van der Waals surface area (Å²) in [5.41, 5.74) is 0.0700. The molecule has 0 saturated heterocycles. The summed E-state index contributed by atoms with van der Waals surface area (Å²) in [5, 5.41) is 7.82. The van der Waals surface area contributed by atoms with Crippen molar-refractivity contribution in [1.29, 1.82) is 0 Å². The van der Waals surface area contributed by atoms with Crippen LogP contribution in [0, 0.1) is 0 Å². The maximum absolute atomic E-state index is 11.7. The zero-order chi connectivity index (χ0) is 13.6. The highest BCUT2D eigenvalue weighted by atomic mass is 16.2. The molecule has 0 heterocycles. The Bertz CT molecular complexity index is 416. The minimum atomic E-state index is -0.935. The molecule has 0 bridgehead atoms. The molecule has 18 heavy (non-hydrogen) atoms. The van der Waals surface area contributed by atoms with Crippen LogP contribution in [-0.4, -0.2) is 24.5 Å². The molecule has 0 fully saturated rings. The highest BCUT2D eigenvalue weighted by Gasteiger charge is 2.28. The Hall–Kier alpha value is -2.04. The number of hydrogen-bond acceptors (Lipinski definition) is 2. The minimum absolute atomic E-state index is 0.239. The van der Waals surface area contributed by atoms with Gasteiger partial charge in [0.1, 0.15) is 5.54 Å². The van der Waals surface area contributed by atoms with Crippen molar-refractivity contribution < 1.29 is 9.59 Å². The van der Waals surface area contributed by atoms with E-state index in [0.717, 1.165) is 5.56 Å². The number of amides is 3. The average Bonchev–Trinajstić information content (AvgIpc) is 2.36. The smallest absolute Gasteiger partial charge is 0.315 e. The van der Waals surface area contributed by atoms with E-state index in [2.05, 4.69) is 16.0 Å². The monoisotopic (exact) mass is 249 g/mol. The summed E-state index contributed by atoms with van der Waals surface area (Å²) in [6.45, 7) is 3.72. The SMILES string of the molecule is CNC(=O)C(C)(C)NC(=O)NCc1ccccc1. The van der Waals surface area contributed by atoms with Crippen LogP contribution in [-0.2, 0) is 11.3 Å². The predicted molar refractivity (Wildman–Crippen MR) is 70.0 cm³/mol. The normalized spacial score (nSPS) is 10.6. The van der Waals surface area contributed by atoms with Gasteiger partial charge in [-0.1, -0.05) is 30.3 Å². The van der Waals surface area contributed by atoms with Gasteiger partial charge >= 0.3 is 6.03 Å². The Morgan fingerprint density at radius 2 is 1.78 bits per heavy atom. The van der Waals surface area contributed by atoms with Gasteiger partial charge < -0.3 is 16.0 Å². The zero-order valence-electron chi connectivity index (χ0n) is 10.9. The molecule has 3 N–H and O–H groups in total. The third-order valence-electron chi connectivity index (χ3n) is 2.52. The van der Waals surface area contributed by atoms with Gasteiger partial charge in [-0.15, -0.1) is 0 Å². The maximum atomic E-state index is 11.7. The van der Waals surface area contributed by atoms with E-state index in [-0.39, 0.29) is 11.9 Å². The average molecular weight is 249 g/mol. The van der Waals surface area contributed by atoms with Crippen molar-refractivity contribution >= 4 is 11.9 Å². The van der Waals surface area contributed by atoms with Crippen molar-refractivity contribution in [3.05, 3.63) is 35.9 Å². The van der Waals surface area contributed by atoms with Gasteiger partial charge in [0.05, 0.1) is 0 Å². The molecule has 0 aliphatic rings. The molecule has 5 heteroatoms. The van der Waals surface area contributed by atoms with Crippen LogP contribution in [0.2, 0.25) is 0 Å². The van der Waals surface area contributed by atoms with Crippen LogP contribution in [0.1, 0.15) is 19.4 Å². The summed E-state index contributed by atoms with van der Waals surface area (Å²) in [4.78, 5) is 23.1. The Balaban J connectivity index is 2.45. The molecular weight excluding hydrogens is 230 g/mol. The van der Waals surface area contributed by atoms with Gasteiger partial charge in [0.2, 0.25) is 5.91 Å². The van der Waals surface area contributed by atoms with Gasteiger partial charge in [0.15, 0.2) is 0 Å². The van der Waals surface area contributed by atoms with E-state index in [1.54, 1.807) is 13.8 Å². The molecule has 98 valence electrons. The minimum Gasteiger partial charge on any atom is -0.357 e. The second-order valence-corrected chi connectivity index (χ2v) is 4.50. The number of likely N-dealkylation sites (N-methyl/N-ethyl adjacent to an activating group) is 1. The molecule has 0 radical (unpaired) electrons. The molecule has 0 aromatic heterocycles. The Morgan fingerprint density at radius 1 is 1.17 bits per heavy atom. The van der Waals surface area contributed by atoms with E-state index in [4.69, 9.17) is 0 Å². The predicted octanol–water partition coefficient (Wildman–Crippen LogP) is 1.01. The number of benzene rings is 1. The lowest BCUT2D eigenvalue weighted by molar-refractivity contribution is -0.125. The van der Waals surface area contributed by atoms with Crippen LogP contribution in [0.15, 0.2) is 30.3 Å². The number of carbonyl (C=O) groups excluding carboxylic acids is 2. The maximum Gasteiger partial charge on any atom is 0.315 e. The molecule has 0 spiro atoms. The quantitative estimate of drug-likeness (QED) is 0.745. The molecular formula is C13H19N3O2. The molecule has 3 amide bonds. The van der Waals surface area contributed by atoms with E-state index in [0.29, 0.717) is 6.54 Å². The van der Waals surface area contributed by atoms with Crippen LogP contribution in [0.25, 0.3) is 0 Å². The molecule has 0 atom stereocenters. The summed E-state index contributed by atoms with van der Waals surface area (Å²) in [5.74, 6) is -0.239. The van der Waals surface area contributed by atoms with Crippen molar-refractivity contribution in [1.82, 2.24) is 16.0 Å². The van der Waals surface area contributed by atoms with E-state index >= 15 is 0 Å². The summed E-state index contributed by atoms with van der Waals surface area (Å²) in [6, 6.07) is 9.20. The first-order valence-corrected chi connectivity index (χ1v) is 5.78. The molecule has 1 aromatic rings. The van der Waals surface area contributed by atoms with Crippen LogP contribution in [0.4, 0.5) is 4.79 Å². The molecule has 0 saturated carbocycles.